The number of sulfonamides is 1. The minimum atomic E-state index is -4.30. The Morgan fingerprint density at radius 1 is 0.981 bits per heavy atom. The first kappa shape index (κ1) is 36.0. The van der Waals surface area contributed by atoms with Gasteiger partial charge in [0.05, 0.1) is 43.2 Å². The molecule has 5 heterocycles. The molecule has 6 aliphatic rings. The molecule has 4 atom stereocenters. The summed E-state index contributed by atoms with van der Waals surface area (Å²) in [5, 5.41) is 0.204. The number of likely N-dealkylation sites (tertiary alicyclic amines) is 2. The highest BCUT2D eigenvalue weighted by Gasteiger charge is 2.71. The number of ether oxygens (including phenoxy) is 2. The van der Waals surface area contributed by atoms with E-state index < -0.39 is 50.1 Å². The fraction of sp³-hybridized carbons (Fsp3) is 0.600. The monoisotopic (exact) mass is 768 g/mol. The molecule has 1 aromatic heterocycles. The number of methoxy groups -OCH3 is 1. The third-order valence-corrected chi connectivity index (χ3v) is 15.4. The number of carbonyl (C=O) groups is 2. The van der Waals surface area contributed by atoms with Crippen LogP contribution in [-0.4, -0.2) is 99.1 Å². The third-order valence-electron chi connectivity index (χ3n) is 13.7. The Morgan fingerprint density at radius 2 is 1.69 bits per heavy atom. The first-order valence-corrected chi connectivity index (χ1v) is 20.7. The Balaban J connectivity index is 1.16. The van der Waals surface area contributed by atoms with Gasteiger partial charge in [0.25, 0.3) is 5.91 Å². The number of alkyl halides is 3. The molecule has 1 N–H and O–H groups in total. The maximum absolute atomic E-state index is 15.2. The maximum atomic E-state index is 15.2. The fourth-order valence-electron chi connectivity index (χ4n) is 11.0. The van der Waals surface area contributed by atoms with Crippen molar-refractivity contribution >= 4 is 32.7 Å². The Hall–Kier alpha value is -3.62. The summed E-state index contributed by atoms with van der Waals surface area (Å²) in [5.74, 6) is 0.153. The minimum absolute atomic E-state index is 0.00420. The van der Waals surface area contributed by atoms with Gasteiger partial charge in [-0.1, -0.05) is 25.3 Å². The largest absolute Gasteiger partial charge is 0.497 e. The van der Waals surface area contributed by atoms with Gasteiger partial charge in [-0.25, -0.2) is 13.1 Å². The van der Waals surface area contributed by atoms with Crippen LogP contribution in [-0.2, 0) is 26.1 Å². The molecule has 3 saturated heterocycles. The molecule has 5 fully saturated rings. The van der Waals surface area contributed by atoms with Crippen molar-refractivity contribution in [3.8, 4) is 17.0 Å². The number of carbonyl (C=O) groups excluding carboxylic acids is 2. The van der Waals surface area contributed by atoms with Crippen LogP contribution >= 0.6 is 0 Å². The normalized spacial score (nSPS) is 29.4. The van der Waals surface area contributed by atoms with Crippen molar-refractivity contribution in [1.82, 2.24) is 19.1 Å². The Labute approximate surface area is 313 Å². The number of benzene rings is 2. The van der Waals surface area contributed by atoms with Crippen LogP contribution in [0.2, 0.25) is 0 Å². The van der Waals surface area contributed by atoms with E-state index in [9.17, 15) is 26.4 Å². The van der Waals surface area contributed by atoms with Crippen molar-refractivity contribution in [3.63, 3.8) is 0 Å². The predicted octanol–water partition coefficient (Wildman–Crippen LogP) is 6.04. The van der Waals surface area contributed by atoms with Gasteiger partial charge in [-0.2, -0.15) is 13.2 Å². The van der Waals surface area contributed by atoms with Gasteiger partial charge in [0.15, 0.2) is 0 Å². The predicted molar refractivity (Wildman–Crippen MR) is 196 cm³/mol. The van der Waals surface area contributed by atoms with Gasteiger partial charge in [-0.15, -0.1) is 0 Å². The molecule has 9 rings (SSSR count). The third kappa shape index (κ3) is 5.43. The highest BCUT2D eigenvalue weighted by atomic mass is 32.2. The molecule has 10 nitrogen and oxygen atoms in total. The number of amides is 2. The zero-order valence-electron chi connectivity index (χ0n) is 30.9. The Morgan fingerprint density at radius 3 is 2.33 bits per heavy atom. The van der Waals surface area contributed by atoms with Crippen molar-refractivity contribution in [2.75, 3.05) is 53.0 Å². The van der Waals surface area contributed by atoms with Crippen LogP contribution in [0, 0.1) is 16.2 Å². The summed E-state index contributed by atoms with van der Waals surface area (Å²) >= 11 is 0. The van der Waals surface area contributed by atoms with Crippen molar-refractivity contribution in [1.29, 1.82) is 0 Å². The second-order valence-electron chi connectivity index (χ2n) is 17.3. The molecule has 2 unspecified atom stereocenters. The summed E-state index contributed by atoms with van der Waals surface area (Å²) in [5.41, 5.74) is 3.36. The van der Waals surface area contributed by atoms with Gasteiger partial charge in [0.2, 0.25) is 15.9 Å². The average molecular weight is 769 g/mol. The number of nitrogens with one attached hydrogen (secondary N) is 1. The topological polar surface area (TPSA) is 110 Å². The number of rotatable bonds is 7. The average Bonchev–Trinajstić information content (AvgIpc) is 3.33. The van der Waals surface area contributed by atoms with Gasteiger partial charge >= 0.3 is 6.18 Å². The molecule has 2 saturated carbocycles. The molecule has 2 aliphatic carbocycles. The molecule has 54 heavy (non-hydrogen) atoms. The number of halogens is 3. The van der Waals surface area contributed by atoms with Gasteiger partial charge in [-0.3, -0.25) is 14.5 Å². The molecule has 0 spiro atoms. The lowest BCUT2D eigenvalue weighted by Gasteiger charge is -2.30. The lowest BCUT2D eigenvalue weighted by Crippen LogP contribution is -2.44. The summed E-state index contributed by atoms with van der Waals surface area (Å²) in [6.45, 7) is 4.25. The molecule has 2 amide bonds. The van der Waals surface area contributed by atoms with Crippen LogP contribution in [0.15, 0.2) is 36.4 Å². The quantitative estimate of drug-likeness (QED) is 0.312. The van der Waals surface area contributed by atoms with Crippen LogP contribution in [0.3, 0.4) is 0 Å². The number of aromatic nitrogens is 1. The van der Waals surface area contributed by atoms with Crippen LogP contribution in [0.4, 0.5) is 13.2 Å². The van der Waals surface area contributed by atoms with E-state index in [4.69, 9.17) is 9.47 Å². The van der Waals surface area contributed by atoms with Crippen molar-refractivity contribution in [3.05, 3.63) is 53.1 Å². The van der Waals surface area contributed by atoms with Crippen molar-refractivity contribution < 1.29 is 40.7 Å². The second-order valence-corrected chi connectivity index (χ2v) is 19.5. The highest BCUT2D eigenvalue weighted by molar-refractivity contribution is 7.90. The minimum Gasteiger partial charge on any atom is -0.497 e. The number of hydrogen-bond donors (Lipinski definition) is 1. The molecule has 4 aliphatic heterocycles. The zero-order valence-corrected chi connectivity index (χ0v) is 31.7. The van der Waals surface area contributed by atoms with E-state index in [1.54, 1.807) is 19.2 Å². The lowest BCUT2D eigenvalue weighted by molar-refractivity contribution is -0.148. The maximum Gasteiger partial charge on any atom is 0.401 e. The molecule has 2 aromatic carbocycles. The van der Waals surface area contributed by atoms with Gasteiger partial charge in [-0.05, 0) is 80.5 Å². The second kappa shape index (κ2) is 12.2. The smallest absolute Gasteiger partial charge is 0.401 e. The highest BCUT2D eigenvalue weighted by Crippen LogP contribution is 2.67. The Kier molecular flexibility index (Phi) is 8.14. The van der Waals surface area contributed by atoms with E-state index in [-0.39, 0.29) is 36.4 Å². The van der Waals surface area contributed by atoms with Gasteiger partial charge in [0, 0.05) is 71.5 Å². The van der Waals surface area contributed by atoms with E-state index in [1.165, 1.54) is 30.7 Å². The first-order chi connectivity index (χ1) is 25.6. The standard InChI is InChI=1S/C40H47F3N4O6S/c1-24(2)54(50,51)44-35(48)26-9-11-29-32(13-26)47-20-39(36(49)46-18-37-16-45(21-40(41,42)43)17-38(37,19-46)23-53-22-37)15-31(39)30-14-27(52-3)10-12-28(30)34(47)33(29)25-7-5-4-6-8-25/h9-14,24-25,31H,4-8,15-23H2,1-3H3,(H,44,48)/t31-,37?,38?,39-/m0/s1. The van der Waals surface area contributed by atoms with E-state index >= 15 is 4.79 Å². The summed E-state index contributed by atoms with van der Waals surface area (Å²) < 4.78 is 82.0. The molecular weight excluding hydrogens is 722 g/mol. The molecule has 0 bridgehead atoms. The molecule has 14 heteroatoms. The van der Waals surface area contributed by atoms with Crippen LogP contribution in [0.1, 0.15) is 85.7 Å². The fourth-order valence-corrected chi connectivity index (χ4v) is 11.6. The van der Waals surface area contributed by atoms with Crippen LogP contribution < -0.4 is 9.46 Å². The van der Waals surface area contributed by atoms with Crippen LogP contribution in [0.5, 0.6) is 5.75 Å². The molecule has 290 valence electrons. The van der Waals surface area contributed by atoms with E-state index in [0.717, 1.165) is 53.4 Å². The van der Waals surface area contributed by atoms with E-state index in [0.29, 0.717) is 45.0 Å². The lowest BCUT2D eigenvalue weighted by atomic mass is 9.71. The number of hydrogen-bond acceptors (Lipinski definition) is 7. The van der Waals surface area contributed by atoms with Gasteiger partial charge in [0.1, 0.15) is 5.75 Å². The van der Waals surface area contributed by atoms with Crippen molar-refractivity contribution in [2.24, 2.45) is 16.2 Å². The first-order valence-electron chi connectivity index (χ1n) is 19.2. The Bertz CT molecular complexity index is 2160. The SMILES string of the molecule is COc1ccc2c(c1)[C@@H]1C[C@]1(C(=O)N1CC34COCC3(CN(CC(F)(F)F)C4)C1)Cn1c-2c(C2CCCCC2)c2ccc(C(=O)NS(=O)(=O)C(C)C)cc21. The number of nitrogens with zero attached hydrogens (tertiary/aromatic N) is 3. The van der Waals surface area contributed by atoms with Crippen LogP contribution in [0.25, 0.3) is 22.2 Å². The summed E-state index contributed by atoms with van der Waals surface area (Å²) in [4.78, 5) is 32.1. The summed E-state index contributed by atoms with van der Waals surface area (Å²) in [6.07, 6.45) is 1.72. The molecular formula is C40H47F3N4O6S. The molecule has 0 radical (unpaired) electrons. The van der Waals surface area contributed by atoms with Gasteiger partial charge < -0.3 is 18.9 Å². The van der Waals surface area contributed by atoms with E-state index in [2.05, 4.69) is 21.4 Å². The van der Waals surface area contributed by atoms with Crippen molar-refractivity contribution in [2.45, 2.75) is 82.2 Å². The van der Waals surface area contributed by atoms with E-state index in [1.807, 2.05) is 17.0 Å². The summed E-state index contributed by atoms with van der Waals surface area (Å²) in [6, 6.07) is 11.5. The zero-order chi connectivity index (χ0) is 38.0. The summed E-state index contributed by atoms with van der Waals surface area (Å²) in [7, 11) is -2.25. The number of fused-ring (bicyclic) bond motifs is 7. The molecule has 3 aromatic rings.